The minimum atomic E-state index is 0.521. The second-order valence-corrected chi connectivity index (χ2v) is 3.06. The summed E-state index contributed by atoms with van der Waals surface area (Å²) in [7, 11) is 0. The van der Waals surface area contributed by atoms with Gasteiger partial charge in [-0.15, -0.1) is 0 Å². The molecule has 0 heterocycles. The van der Waals surface area contributed by atoms with Crippen molar-refractivity contribution in [2.75, 3.05) is 0 Å². The van der Waals surface area contributed by atoms with E-state index >= 15 is 0 Å². The Morgan fingerprint density at radius 3 is 2.55 bits per heavy atom. The predicted molar refractivity (Wildman–Crippen MR) is 48.8 cm³/mol. The molecule has 0 aliphatic rings. The zero-order chi connectivity index (χ0) is 8.69. The topological polar surface area (TPSA) is 9.23 Å². The van der Waals surface area contributed by atoms with Crippen molar-refractivity contribution in [2.24, 2.45) is 11.8 Å². The lowest BCUT2D eigenvalue weighted by molar-refractivity contribution is 0.238. The largest absolute Gasteiger partial charge is 0.494 e. The van der Waals surface area contributed by atoms with Gasteiger partial charge < -0.3 is 4.74 Å². The van der Waals surface area contributed by atoms with Crippen LogP contribution in [0.1, 0.15) is 33.6 Å². The van der Waals surface area contributed by atoms with Gasteiger partial charge in [0.2, 0.25) is 0 Å². The average Bonchev–Trinajstić information content (AvgIpc) is 2.00. The van der Waals surface area contributed by atoms with Gasteiger partial charge in [0.1, 0.15) is 6.61 Å². The molecule has 0 spiro atoms. The number of hydrogen-bond acceptors (Lipinski definition) is 1. The third-order valence-corrected chi connectivity index (χ3v) is 2.03. The molecule has 0 saturated carbocycles. The highest BCUT2D eigenvalue weighted by molar-refractivity contribution is 4.71. The molecule has 0 saturated heterocycles. The molecule has 1 radical (unpaired) electrons. The van der Waals surface area contributed by atoms with E-state index in [1.807, 2.05) is 6.61 Å². The summed E-state index contributed by atoms with van der Waals surface area (Å²) in [5.41, 5.74) is 0. The van der Waals surface area contributed by atoms with E-state index < -0.39 is 0 Å². The molecule has 0 fully saturated rings. The van der Waals surface area contributed by atoms with E-state index in [0.717, 1.165) is 0 Å². The normalized spacial score (nSPS) is 15.5. The Labute approximate surface area is 70.4 Å². The van der Waals surface area contributed by atoms with E-state index in [4.69, 9.17) is 4.74 Å². The minimum absolute atomic E-state index is 0.521. The van der Waals surface area contributed by atoms with Crippen LogP contribution in [0.3, 0.4) is 0 Å². The van der Waals surface area contributed by atoms with Gasteiger partial charge in [-0.05, 0) is 11.8 Å². The van der Waals surface area contributed by atoms with Crippen molar-refractivity contribution < 1.29 is 4.74 Å². The van der Waals surface area contributed by atoms with Crippen LogP contribution in [0.25, 0.3) is 0 Å². The molecule has 0 aromatic heterocycles. The van der Waals surface area contributed by atoms with Crippen molar-refractivity contribution in [3.05, 3.63) is 19.4 Å². The molecule has 1 nitrogen and oxygen atoms in total. The second-order valence-electron chi connectivity index (χ2n) is 3.06. The minimum Gasteiger partial charge on any atom is -0.494 e. The monoisotopic (exact) mass is 155 g/mol. The fourth-order valence-corrected chi connectivity index (χ4v) is 1.03. The molecule has 0 amide bonds. The summed E-state index contributed by atoms with van der Waals surface area (Å²) in [6, 6.07) is 0. The SMILES string of the molecule is C=CO[CH]C(C)C(C)CCC. The van der Waals surface area contributed by atoms with E-state index in [9.17, 15) is 0 Å². The van der Waals surface area contributed by atoms with Gasteiger partial charge in [-0.1, -0.05) is 40.2 Å². The van der Waals surface area contributed by atoms with E-state index in [0.29, 0.717) is 11.8 Å². The third kappa shape index (κ3) is 4.88. The van der Waals surface area contributed by atoms with Crippen LogP contribution in [0, 0.1) is 18.4 Å². The third-order valence-electron chi connectivity index (χ3n) is 2.03. The molecule has 65 valence electrons. The van der Waals surface area contributed by atoms with Crippen LogP contribution in [0.4, 0.5) is 0 Å². The zero-order valence-electron chi connectivity index (χ0n) is 7.84. The van der Waals surface area contributed by atoms with Crippen molar-refractivity contribution in [1.82, 2.24) is 0 Å². The zero-order valence-corrected chi connectivity index (χ0v) is 7.84. The lowest BCUT2D eigenvalue weighted by Gasteiger charge is -2.17. The Balaban J connectivity index is 3.45. The van der Waals surface area contributed by atoms with Crippen molar-refractivity contribution >= 4 is 0 Å². The Morgan fingerprint density at radius 2 is 2.09 bits per heavy atom. The molecular weight excluding hydrogens is 136 g/mol. The molecule has 2 atom stereocenters. The van der Waals surface area contributed by atoms with Crippen molar-refractivity contribution in [3.63, 3.8) is 0 Å². The van der Waals surface area contributed by atoms with Gasteiger partial charge in [0.25, 0.3) is 0 Å². The van der Waals surface area contributed by atoms with Crippen molar-refractivity contribution in [2.45, 2.75) is 33.6 Å². The van der Waals surface area contributed by atoms with Gasteiger partial charge >= 0.3 is 0 Å². The fraction of sp³-hybridized carbons (Fsp3) is 0.700. The predicted octanol–water partition coefficient (Wildman–Crippen LogP) is 3.38. The number of ether oxygens (including phenoxy) is 1. The van der Waals surface area contributed by atoms with Gasteiger partial charge in [-0.25, -0.2) is 0 Å². The maximum atomic E-state index is 5.00. The Morgan fingerprint density at radius 1 is 1.45 bits per heavy atom. The standard InChI is InChI=1S/C10H19O/c1-5-7-9(3)10(4)8-11-6-2/h6,8-10H,2,5,7H2,1,3-4H3. The van der Waals surface area contributed by atoms with Crippen LogP contribution in [-0.2, 0) is 4.74 Å². The second kappa shape index (κ2) is 6.26. The van der Waals surface area contributed by atoms with Gasteiger partial charge in [-0.2, -0.15) is 0 Å². The summed E-state index contributed by atoms with van der Waals surface area (Å²) in [4.78, 5) is 0. The molecule has 0 N–H and O–H groups in total. The summed E-state index contributed by atoms with van der Waals surface area (Å²) in [6.07, 6.45) is 3.97. The maximum Gasteiger partial charge on any atom is 0.137 e. The Bertz CT molecular complexity index is 99.0. The fourth-order valence-electron chi connectivity index (χ4n) is 1.03. The highest BCUT2D eigenvalue weighted by atomic mass is 16.5. The van der Waals surface area contributed by atoms with E-state index in [1.54, 1.807) is 0 Å². The quantitative estimate of drug-likeness (QED) is 0.534. The van der Waals surface area contributed by atoms with E-state index in [1.165, 1.54) is 19.1 Å². The summed E-state index contributed by atoms with van der Waals surface area (Å²) in [5.74, 6) is 1.23. The Kier molecular flexibility index (Phi) is 6.00. The highest BCUT2D eigenvalue weighted by Crippen LogP contribution is 2.19. The van der Waals surface area contributed by atoms with Gasteiger partial charge in [0.15, 0.2) is 0 Å². The first-order valence-corrected chi connectivity index (χ1v) is 4.32. The van der Waals surface area contributed by atoms with Gasteiger partial charge in [0.05, 0.1) is 6.26 Å². The van der Waals surface area contributed by atoms with Crippen LogP contribution in [0.2, 0.25) is 0 Å². The smallest absolute Gasteiger partial charge is 0.137 e. The summed E-state index contributed by atoms with van der Waals surface area (Å²) >= 11 is 0. The first kappa shape index (κ1) is 10.5. The van der Waals surface area contributed by atoms with Gasteiger partial charge in [-0.3, -0.25) is 0 Å². The first-order chi connectivity index (χ1) is 5.22. The highest BCUT2D eigenvalue weighted by Gasteiger charge is 2.11. The van der Waals surface area contributed by atoms with Crippen LogP contribution >= 0.6 is 0 Å². The Hall–Kier alpha value is -0.460. The van der Waals surface area contributed by atoms with Crippen LogP contribution in [0.5, 0.6) is 0 Å². The summed E-state index contributed by atoms with van der Waals surface area (Å²) in [6.45, 7) is 12.0. The maximum absolute atomic E-state index is 5.00. The van der Waals surface area contributed by atoms with Crippen LogP contribution in [-0.4, -0.2) is 0 Å². The lowest BCUT2D eigenvalue weighted by atomic mass is 9.93. The first-order valence-electron chi connectivity index (χ1n) is 4.32. The molecule has 1 heteroatoms. The average molecular weight is 155 g/mol. The molecule has 11 heavy (non-hydrogen) atoms. The summed E-state index contributed by atoms with van der Waals surface area (Å²) < 4.78 is 5.00. The molecule has 2 unspecified atom stereocenters. The summed E-state index contributed by atoms with van der Waals surface area (Å²) in [5, 5.41) is 0. The van der Waals surface area contributed by atoms with Crippen LogP contribution in [0.15, 0.2) is 12.8 Å². The molecule has 0 aromatic rings. The molecule has 0 bridgehead atoms. The molecule has 0 aliphatic heterocycles. The molecule has 0 aliphatic carbocycles. The molecule has 0 aromatic carbocycles. The molecular formula is C10H19O. The van der Waals surface area contributed by atoms with Gasteiger partial charge in [0, 0.05) is 0 Å². The number of rotatable bonds is 6. The van der Waals surface area contributed by atoms with Crippen molar-refractivity contribution in [1.29, 1.82) is 0 Å². The van der Waals surface area contributed by atoms with E-state index in [2.05, 4.69) is 27.4 Å². The van der Waals surface area contributed by atoms with E-state index in [-0.39, 0.29) is 0 Å². The number of hydrogen-bond donors (Lipinski definition) is 0. The molecule has 0 rings (SSSR count). The van der Waals surface area contributed by atoms with Crippen molar-refractivity contribution in [3.8, 4) is 0 Å². The van der Waals surface area contributed by atoms with Crippen LogP contribution < -0.4 is 0 Å². The lowest BCUT2D eigenvalue weighted by Crippen LogP contribution is -2.08.